The summed E-state index contributed by atoms with van der Waals surface area (Å²) in [6, 6.07) is 12.2. The van der Waals surface area contributed by atoms with Crippen LogP contribution in [0.4, 0.5) is 15.8 Å². The lowest BCUT2D eigenvalue weighted by Crippen LogP contribution is -2.18. The molecule has 0 fully saturated rings. The third-order valence-corrected chi connectivity index (χ3v) is 3.00. The molecule has 0 amide bonds. The van der Waals surface area contributed by atoms with Crippen LogP contribution < -0.4 is 10.6 Å². The normalized spacial score (nSPS) is 10.3. The number of nitrogens with two attached hydrogens (primary N) is 1. The molecule has 0 radical (unpaired) electrons. The molecule has 3 N–H and O–H groups in total. The third kappa shape index (κ3) is 2.73. The van der Waals surface area contributed by atoms with E-state index in [-0.39, 0.29) is 5.84 Å². The number of rotatable bonds is 3. The molecule has 0 aliphatic rings. The summed E-state index contributed by atoms with van der Waals surface area (Å²) in [6.07, 6.45) is 0. The maximum atomic E-state index is 13.3. The molecule has 0 unspecified atom stereocenters. The highest BCUT2D eigenvalue weighted by molar-refractivity contribution is 6.01. The number of halogens is 1. The average molecular weight is 257 g/mol. The summed E-state index contributed by atoms with van der Waals surface area (Å²) in [4.78, 5) is 1.89. The van der Waals surface area contributed by atoms with Gasteiger partial charge < -0.3 is 10.6 Å². The maximum absolute atomic E-state index is 13.3. The fourth-order valence-electron chi connectivity index (χ4n) is 1.99. The number of nitrogens with zero attached hydrogens (tertiary/aromatic N) is 1. The van der Waals surface area contributed by atoms with E-state index in [2.05, 4.69) is 0 Å². The third-order valence-electron chi connectivity index (χ3n) is 3.00. The minimum Gasteiger partial charge on any atom is -0.384 e. The first-order valence-electron chi connectivity index (χ1n) is 5.93. The van der Waals surface area contributed by atoms with Gasteiger partial charge in [-0.25, -0.2) is 4.39 Å². The summed E-state index contributed by atoms with van der Waals surface area (Å²) < 4.78 is 13.3. The predicted molar refractivity (Wildman–Crippen MR) is 76.7 cm³/mol. The molecule has 0 aliphatic heterocycles. The first-order valence-corrected chi connectivity index (χ1v) is 5.93. The first-order chi connectivity index (χ1) is 8.99. The van der Waals surface area contributed by atoms with Gasteiger partial charge in [0.25, 0.3) is 0 Å². The SMILES string of the molecule is Cc1cccc(N(C)c2ccc(F)cc2C(=N)N)c1. The van der Waals surface area contributed by atoms with Crippen LogP contribution in [-0.2, 0) is 0 Å². The zero-order valence-corrected chi connectivity index (χ0v) is 10.9. The smallest absolute Gasteiger partial charge is 0.125 e. The Hall–Kier alpha value is -2.36. The van der Waals surface area contributed by atoms with Crippen molar-refractivity contribution in [2.45, 2.75) is 6.92 Å². The van der Waals surface area contributed by atoms with Crippen LogP contribution in [0.1, 0.15) is 11.1 Å². The van der Waals surface area contributed by atoms with Crippen molar-refractivity contribution in [3.8, 4) is 0 Å². The molecular formula is C15H16FN3. The number of nitrogens with one attached hydrogen (secondary N) is 1. The Bertz CT molecular complexity index is 623. The lowest BCUT2D eigenvalue weighted by Gasteiger charge is -2.22. The average Bonchev–Trinajstić information content (AvgIpc) is 2.37. The van der Waals surface area contributed by atoms with Gasteiger partial charge in [0.15, 0.2) is 0 Å². The van der Waals surface area contributed by atoms with Crippen LogP contribution in [0.3, 0.4) is 0 Å². The van der Waals surface area contributed by atoms with Crippen molar-refractivity contribution >= 4 is 17.2 Å². The van der Waals surface area contributed by atoms with Crippen molar-refractivity contribution < 1.29 is 4.39 Å². The summed E-state index contributed by atoms with van der Waals surface area (Å²) in [6.45, 7) is 2.01. The lowest BCUT2D eigenvalue weighted by molar-refractivity contribution is 0.627. The molecule has 0 saturated carbocycles. The fraction of sp³-hybridized carbons (Fsp3) is 0.133. The summed E-state index contributed by atoms with van der Waals surface area (Å²) in [5.74, 6) is -0.541. The molecule has 98 valence electrons. The summed E-state index contributed by atoms with van der Waals surface area (Å²) >= 11 is 0. The largest absolute Gasteiger partial charge is 0.384 e. The van der Waals surface area contributed by atoms with Crippen molar-refractivity contribution in [1.82, 2.24) is 0 Å². The number of aryl methyl sites for hydroxylation is 1. The molecule has 2 rings (SSSR count). The number of amidine groups is 1. The quantitative estimate of drug-likeness (QED) is 0.655. The molecule has 0 heterocycles. The van der Waals surface area contributed by atoms with Crippen molar-refractivity contribution in [2.24, 2.45) is 5.73 Å². The zero-order chi connectivity index (χ0) is 14.0. The number of anilines is 2. The maximum Gasteiger partial charge on any atom is 0.125 e. The van der Waals surface area contributed by atoms with Gasteiger partial charge in [-0.1, -0.05) is 12.1 Å². The van der Waals surface area contributed by atoms with Gasteiger partial charge in [-0.2, -0.15) is 0 Å². The Labute approximate surface area is 112 Å². The van der Waals surface area contributed by atoms with E-state index in [0.29, 0.717) is 11.3 Å². The van der Waals surface area contributed by atoms with E-state index in [0.717, 1.165) is 11.3 Å². The Morgan fingerprint density at radius 3 is 2.58 bits per heavy atom. The van der Waals surface area contributed by atoms with Gasteiger partial charge in [0.1, 0.15) is 11.7 Å². The molecule has 0 aromatic heterocycles. The molecule has 0 spiro atoms. The molecule has 0 bridgehead atoms. The van der Waals surface area contributed by atoms with Gasteiger partial charge in [-0.05, 0) is 42.8 Å². The van der Waals surface area contributed by atoms with E-state index in [1.165, 1.54) is 12.1 Å². The molecule has 0 aliphatic carbocycles. The highest BCUT2D eigenvalue weighted by Gasteiger charge is 2.12. The minimum atomic E-state index is -0.397. The van der Waals surface area contributed by atoms with Crippen LogP contribution in [0, 0.1) is 18.2 Å². The molecular weight excluding hydrogens is 241 g/mol. The van der Waals surface area contributed by atoms with E-state index in [1.54, 1.807) is 6.07 Å². The molecule has 0 atom stereocenters. The van der Waals surface area contributed by atoms with Crippen LogP contribution >= 0.6 is 0 Å². The van der Waals surface area contributed by atoms with E-state index >= 15 is 0 Å². The van der Waals surface area contributed by atoms with Crippen molar-refractivity contribution in [3.05, 3.63) is 59.4 Å². The monoisotopic (exact) mass is 257 g/mol. The fourth-order valence-corrected chi connectivity index (χ4v) is 1.99. The summed E-state index contributed by atoms with van der Waals surface area (Å²) in [7, 11) is 1.87. The highest BCUT2D eigenvalue weighted by Crippen LogP contribution is 2.27. The second-order valence-electron chi connectivity index (χ2n) is 4.47. The number of hydrogen-bond acceptors (Lipinski definition) is 2. The number of hydrogen-bond donors (Lipinski definition) is 2. The first kappa shape index (κ1) is 13.1. The minimum absolute atomic E-state index is 0.144. The Morgan fingerprint density at radius 2 is 1.95 bits per heavy atom. The van der Waals surface area contributed by atoms with Crippen LogP contribution in [-0.4, -0.2) is 12.9 Å². The van der Waals surface area contributed by atoms with E-state index in [9.17, 15) is 4.39 Å². The Morgan fingerprint density at radius 1 is 1.21 bits per heavy atom. The number of nitrogen functional groups attached to an aromatic ring is 1. The van der Waals surface area contributed by atoms with Gasteiger partial charge in [0, 0.05) is 18.3 Å². The molecule has 19 heavy (non-hydrogen) atoms. The van der Waals surface area contributed by atoms with Crippen LogP contribution in [0.25, 0.3) is 0 Å². The van der Waals surface area contributed by atoms with Gasteiger partial charge in [0.05, 0.1) is 5.69 Å². The van der Waals surface area contributed by atoms with Gasteiger partial charge in [-0.3, -0.25) is 5.41 Å². The zero-order valence-electron chi connectivity index (χ0n) is 10.9. The van der Waals surface area contributed by atoms with Gasteiger partial charge >= 0.3 is 0 Å². The summed E-state index contributed by atoms with van der Waals surface area (Å²) in [5, 5.41) is 7.56. The second kappa shape index (κ2) is 5.10. The van der Waals surface area contributed by atoms with Crippen molar-refractivity contribution in [1.29, 1.82) is 5.41 Å². The predicted octanol–water partition coefficient (Wildman–Crippen LogP) is 3.19. The van der Waals surface area contributed by atoms with Crippen LogP contribution in [0.15, 0.2) is 42.5 Å². The standard InChI is InChI=1S/C15H16FN3/c1-10-4-3-5-12(8-10)19(2)14-7-6-11(16)9-13(14)15(17)18/h3-9H,1-2H3,(H3,17,18). The van der Waals surface area contributed by atoms with Crippen LogP contribution in [0.5, 0.6) is 0 Å². The molecule has 2 aromatic rings. The molecule has 0 saturated heterocycles. The van der Waals surface area contributed by atoms with Crippen molar-refractivity contribution in [2.75, 3.05) is 11.9 Å². The summed E-state index contributed by atoms with van der Waals surface area (Å²) in [5.41, 5.74) is 8.72. The molecule has 2 aromatic carbocycles. The van der Waals surface area contributed by atoms with Gasteiger partial charge in [-0.15, -0.1) is 0 Å². The Kier molecular flexibility index (Phi) is 3.51. The molecule has 4 heteroatoms. The Balaban J connectivity index is 2.49. The van der Waals surface area contributed by atoms with E-state index < -0.39 is 5.82 Å². The van der Waals surface area contributed by atoms with E-state index in [1.807, 2.05) is 43.1 Å². The topological polar surface area (TPSA) is 53.1 Å². The lowest BCUT2D eigenvalue weighted by atomic mass is 10.1. The number of benzene rings is 2. The van der Waals surface area contributed by atoms with Crippen molar-refractivity contribution in [3.63, 3.8) is 0 Å². The second-order valence-corrected chi connectivity index (χ2v) is 4.47. The highest BCUT2D eigenvalue weighted by atomic mass is 19.1. The van der Waals surface area contributed by atoms with Crippen LogP contribution in [0.2, 0.25) is 0 Å². The molecule has 3 nitrogen and oxygen atoms in total. The van der Waals surface area contributed by atoms with E-state index in [4.69, 9.17) is 11.1 Å². The van der Waals surface area contributed by atoms with Gasteiger partial charge in [0.2, 0.25) is 0 Å².